The fraction of sp³-hybridized carbons (Fsp3) is 0.222. The van der Waals surface area contributed by atoms with E-state index in [4.69, 9.17) is 0 Å². The topological polar surface area (TPSA) is 12.0 Å². The Bertz CT molecular complexity index is 760. The van der Waals surface area contributed by atoms with Crippen LogP contribution in [0.15, 0.2) is 54.6 Å². The molecule has 1 aliphatic rings. The molecule has 1 N–H and O–H groups in total. The van der Waals surface area contributed by atoms with Crippen molar-refractivity contribution < 1.29 is 0 Å². The maximum absolute atomic E-state index is 3.51. The van der Waals surface area contributed by atoms with E-state index in [1.54, 1.807) is 0 Å². The summed E-state index contributed by atoms with van der Waals surface area (Å²) in [5.41, 5.74) is 1.48. The van der Waals surface area contributed by atoms with Crippen LogP contribution < -0.4 is 5.32 Å². The second kappa shape index (κ2) is 5.12. The van der Waals surface area contributed by atoms with Gasteiger partial charge in [-0.1, -0.05) is 42.5 Å². The molecule has 100 valence electrons. The molecule has 1 heterocycles. The van der Waals surface area contributed by atoms with E-state index in [1.807, 2.05) is 0 Å². The van der Waals surface area contributed by atoms with Gasteiger partial charge >= 0.3 is 0 Å². The highest BCUT2D eigenvalue weighted by atomic mass is 32.2. The normalized spacial score (nSPS) is 19.5. The Hall–Kier alpha value is -1.51. The summed E-state index contributed by atoms with van der Waals surface area (Å²) in [6.45, 7) is 2.21. The van der Waals surface area contributed by atoms with E-state index in [0.717, 1.165) is 13.1 Å². The molecule has 1 atom stereocenters. The minimum absolute atomic E-state index is 0.577. The van der Waals surface area contributed by atoms with E-state index < -0.39 is 0 Å². The van der Waals surface area contributed by atoms with Crippen molar-refractivity contribution in [2.45, 2.75) is 5.25 Å². The van der Waals surface area contributed by atoms with Gasteiger partial charge in [-0.25, -0.2) is 0 Å². The van der Waals surface area contributed by atoms with Crippen LogP contribution in [0, 0.1) is 0 Å². The highest BCUT2D eigenvalue weighted by Crippen LogP contribution is 2.36. The first-order chi connectivity index (χ1) is 9.92. The first-order valence-electron chi connectivity index (χ1n) is 7.15. The number of nitrogens with one attached hydrogen (secondary N) is 1. The summed E-state index contributed by atoms with van der Waals surface area (Å²) < 4.78 is 0. The summed E-state index contributed by atoms with van der Waals surface area (Å²) in [5, 5.41) is 9.52. The monoisotopic (exact) mass is 279 g/mol. The highest BCUT2D eigenvalue weighted by Gasteiger charge is 2.17. The molecule has 0 aromatic heterocycles. The van der Waals surface area contributed by atoms with Gasteiger partial charge in [-0.2, -0.15) is 11.8 Å². The molecule has 3 aromatic carbocycles. The molecule has 2 heteroatoms. The Labute approximate surface area is 123 Å². The zero-order valence-corrected chi connectivity index (χ0v) is 12.1. The van der Waals surface area contributed by atoms with Gasteiger partial charge < -0.3 is 5.32 Å². The van der Waals surface area contributed by atoms with Crippen molar-refractivity contribution in [2.24, 2.45) is 0 Å². The maximum Gasteiger partial charge on any atom is 0.0428 e. The van der Waals surface area contributed by atoms with Crippen LogP contribution in [0.1, 0.15) is 10.8 Å². The van der Waals surface area contributed by atoms with Crippen molar-refractivity contribution >= 4 is 33.3 Å². The highest BCUT2D eigenvalue weighted by molar-refractivity contribution is 7.99. The number of thioether (sulfide) groups is 1. The summed E-state index contributed by atoms with van der Waals surface area (Å²) in [6.07, 6.45) is 0. The Kier molecular flexibility index (Phi) is 3.13. The lowest BCUT2D eigenvalue weighted by Gasteiger charge is -2.24. The summed E-state index contributed by atoms with van der Waals surface area (Å²) in [6, 6.07) is 20.0. The van der Waals surface area contributed by atoms with Gasteiger partial charge in [0.1, 0.15) is 0 Å². The van der Waals surface area contributed by atoms with E-state index >= 15 is 0 Å². The second-order valence-corrected chi connectivity index (χ2v) is 6.64. The fourth-order valence-corrected chi connectivity index (χ4v) is 4.20. The summed E-state index contributed by atoms with van der Waals surface area (Å²) in [5.74, 6) is 1.20. The van der Waals surface area contributed by atoms with Gasteiger partial charge in [-0.15, -0.1) is 0 Å². The van der Waals surface area contributed by atoms with Crippen LogP contribution in [0.4, 0.5) is 0 Å². The molecule has 1 unspecified atom stereocenters. The minimum atomic E-state index is 0.577. The Morgan fingerprint density at radius 2 is 1.70 bits per heavy atom. The van der Waals surface area contributed by atoms with Crippen molar-refractivity contribution in [3.05, 3.63) is 60.2 Å². The molecule has 0 aliphatic carbocycles. The van der Waals surface area contributed by atoms with E-state index in [0.29, 0.717) is 5.25 Å². The average molecular weight is 279 g/mol. The predicted molar refractivity (Wildman–Crippen MR) is 89.5 cm³/mol. The zero-order valence-electron chi connectivity index (χ0n) is 11.3. The lowest BCUT2D eigenvalue weighted by Crippen LogP contribution is -2.28. The molecule has 0 amide bonds. The van der Waals surface area contributed by atoms with Crippen molar-refractivity contribution in [1.82, 2.24) is 5.32 Å². The number of hydrogen-bond acceptors (Lipinski definition) is 2. The average Bonchev–Trinajstić information content (AvgIpc) is 2.53. The molecule has 0 saturated carbocycles. The van der Waals surface area contributed by atoms with E-state index in [2.05, 4.69) is 71.7 Å². The lowest BCUT2D eigenvalue weighted by atomic mass is 9.98. The molecule has 4 rings (SSSR count). The number of benzene rings is 3. The maximum atomic E-state index is 3.51. The zero-order chi connectivity index (χ0) is 13.4. The van der Waals surface area contributed by atoms with E-state index in [9.17, 15) is 0 Å². The van der Waals surface area contributed by atoms with Crippen molar-refractivity contribution in [3.63, 3.8) is 0 Å². The number of hydrogen-bond donors (Lipinski definition) is 1. The first-order valence-corrected chi connectivity index (χ1v) is 8.20. The van der Waals surface area contributed by atoms with E-state index in [-0.39, 0.29) is 0 Å². The molecule has 1 aliphatic heterocycles. The largest absolute Gasteiger partial charge is 0.314 e. The first kappa shape index (κ1) is 12.2. The molecule has 3 aromatic rings. The summed E-state index contributed by atoms with van der Waals surface area (Å²) in [7, 11) is 0. The van der Waals surface area contributed by atoms with Gasteiger partial charge in [-0.3, -0.25) is 0 Å². The van der Waals surface area contributed by atoms with Gasteiger partial charge in [0.25, 0.3) is 0 Å². The van der Waals surface area contributed by atoms with Crippen LogP contribution in [-0.4, -0.2) is 18.8 Å². The molecule has 0 radical (unpaired) electrons. The molecule has 1 nitrogen and oxygen atoms in total. The van der Waals surface area contributed by atoms with Crippen LogP contribution in [0.25, 0.3) is 21.5 Å². The van der Waals surface area contributed by atoms with Crippen molar-refractivity contribution in [1.29, 1.82) is 0 Å². The third kappa shape index (κ3) is 2.09. The van der Waals surface area contributed by atoms with Crippen LogP contribution >= 0.6 is 11.8 Å². The van der Waals surface area contributed by atoms with E-state index in [1.165, 1.54) is 32.9 Å². The van der Waals surface area contributed by atoms with Gasteiger partial charge in [0.2, 0.25) is 0 Å². The van der Waals surface area contributed by atoms with Crippen molar-refractivity contribution in [3.8, 4) is 0 Å². The standard InChI is InChI=1S/C18H17NS/c1-2-5-14-11-17-15(10-13(14)4-1)6-3-7-16(17)18-12-19-8-9-20-18/h1-7,10-11,18-19H,8-9,12H2. The Morgan fingerprint density at radius 1 is 0.900 bits per heavy atom. The van der Waals surface area contributed by atoms with Gasteiger partial charge in [0.05, 0.1) is 0 Å². The SMILES string of the molecule is c1ccc2cc3c(C4CNCCS4)cccc3cc2c1. The molecule has 1 saturated heterocycles. The van der Waals surface area contributed by atoms with Gasteiger partial charge in [-0.05, 0) is 39.2 Å². The Balaban J connectivity index is 1.94. The van der Waals surface area contributed by atoms with Crippen molar-refractivity contribution in [2.75, 3.05) is 18.8 Å². The minimum Gasteiger partial charge on any atom is -0.314 e. The Morgan fingerprint density at radius 3 is 2.50 bits per heavy atom. The third-order valence-electron chi connectivity index (χ3n) is 4.05. The van der Waals surface area contributed by atoms with Crippen LogP contribution in [0.5, 0.6) is 0 Å². The lowest BCUT2D eigenvalue weighted by molar-refractivity contribution is 0.691. The van der Waals surface area contributed by atoms with Gasteiger partial charge in [0, 0.05) is 24.1 Å². The fourth-order valence-electron chi connectivity index (χ4n) is 3.04. The number of fused-ring (bicyclic) bond motifs is 2. The smallest absolute Gasteiger partial charge is 0.0428 e. The predicted octanol–water partition coefficient (Wildman–Crippen LogP) is 4.37. The molecular weight excluding hydrogens is 262 g/mol. The summed E-state index contributed by atoms with van der Waals surface area (Å²) in [4.78, 5) is 0. The molecule has 0 spiro atoms. The van der Waals surface area contributed by atoms with Gasteiger partial charge in [0.15, 0.2) is 0 Å². The quantitative estimate of drug-likeness (QED) is 0.664. The van der Waals surface area contributed by atoms with Crippen LogP contribution in [0.3, 0.4) is 0 Å². The van der Waals surface area contributed by atoms with Crippen LogP contribution in [0.2, 0.25) is 0 Å². The second-order valence-electron chi connectivity index (χ2n) is 5.33. The number of rotatable bonds is 1. The molecule has 20 heavy (non-hydrogen) atoms. The molecule has 1 fully saturated rings. The molecular formula is C18H17NS. The van der Waals surface area contributed by atoms with Crippen LogP contribution in [-0.2, 0) is 0 Å². The molecule has 0 bridgehead atoms. The summed E-state index contributed by atoms with van der Waals surface area (Å²) >= 11 is 2.07. The third-order valence-corrected chi connectivity index (χ3v) is 5.32.